The fourth-order valence-electron chi connectivity index (χ4n) is 2.08. The van der Waals surface area contributed by atoms with E-state index in [2.05, 4.69) is 10.3 Å². The Morgan fingerprint density at radius 1 is 1.24 bits per heavy atom. The topological polar surface area (TPSA) is 34.1 Å². The first-order valence-electron chi connectivity index (χ1n) is 6.72. The molecule has 2 aromatic rings. The number of para-hydroxylation sites is 1. The largest absolute Gasteiger partial charge is 0.490 e. The van der Waals surface area contributed by atoms with E-state index in [1.807, 2.05) is 24.3 Å². The Kier molecular flexibility index (Phi) is 5.01. The molecule has 1 atom stereocenters. The molecule has 0 aliphatic heterocycles. The zero-order valence-electron chi connectivity index (χ0n) is 11.7. The van der Waals surface area contributed by atoms with Crippen LogP contribution in [0.4, 0.5) is 13.2 Å². The summed E-state index contributed by atoms with van der Waals surface area (Å²) in [6.45, 7) is 2.14. The highest BCUT2D eigenvalue weighted by Crippen LogP contribution is 2.23. The molecule has 0 unspecified atom stereocenters. The Morgan fingerprint density at radius 3 is 2.76 bits per heavy atom. The van der Waals surface area contributed by atoms with Gasteiger partial charge in [-0.05, 0) is 19.1 Å². The maximum absolute atomic E-state index is 12.2. The number of pyridine rings is 1. The zero-order chi connectivity index (χ0) is 15.3. The number of fused-ring (bicyclic) bond motifs is 1. The second kappa shape index (κ2) is 6.76. The van der Waals surface area contributed by atoms with Crippen LogP contribution >= 0.6 is 0 Å². The summed E-state index contributed by atoms with van der Waals surface area (Å²) in [5.41, 5.74) is 0.753. The monoisotopic (exact) mass is 298 g/mol. The third kappa shape index (κ3) is 4.90. The van der Waals surface area contributed by atoms with Crippen molar-refractivity contribution in [2.24, 2.45) is 0 Å². The first-order chi connectivity index (χ1) is 9.96. The predicted octanol–water partition coefficient (Wildman–Crippen LogP) is 3.54. The fraction of sp³-hybridized carbons (Fsp3) is 0.400. The van der Waals surface area contributed by atoms with Crippen molar-refractivity contribution in [1.29, 1.82) is 0 Å². The van der Waals surface area contributed by atoms with Gasteiger partial charge in [0.2, 0.25) is 0 Å². The molecule has 114 valence electrons. The van der Waals surface area contributed by atoms with E-state index in [0.717, 1.165) is 10.9 Å². The lowest BCUT2D eigenvalue weighted by molar-refractivity contribution is -0.139. The summed E-state index contributed by atoms with van der Waals surface area (Å²) in [4.78, 5) is 4.25. The van der Waals surface area contributed by atoms with Gasteiger partial charge < -0.3 is 10.1 Å². The molecule has 3 nitrogen and oxygen atoms in total. The minimum atomic E-state index is -4.15. The maximum Gasteiger partial charge on any atom is 0.390 e. The minimum absolute atomic E-state index is 0.290. The van der Waals surface area contributed by atoms with Gasteiger partial charge in [-0.25, -0.2) is 0 Å². The molecule has 1 N–H and O–H groups in total. The zero-order valence-corrected chi connectivity index (χ0v) is 11.7. The van der Waals surface area contributed by atoms with E-state index >= 15 is 0 Å². The predicted molar refractivity (Wildman–Crippen MR) is 75.4 cm³/mol. The summed E-state index contributed by atoms with van der Waals surface area (Å²) in [5, 5.41) is 3.76. The van der Waals surface area contributed by atoms with E-state index in [9.17, 15) is 13.2 Å². The number of nitrogens with zero attached hydrogens (tertiary/aromatic N) is 1. The molecule has 0 radical (unpaired) electrons. The van der Waals surface area contributed by atoms with E-state index in [0.29, 0.717) is 12.3 Å². The average Bonchev–Trinajstić information content (AvgIpc) is 2.42. The Labute approximate surface area is 121 Å². The van der Waals surface area contributed by atoms with Crippen molar-refractivity contribution in [3.63, 3.8) is 0 Å². The third-order valence-corrected chi connectivity index (χ3v) is 2.99. The Morgan fingerprint density at radius 2 is 2.00 bits per heavy atom. The van der Waals surface area contributed by atoms with Gasteiger partial charge in [-0.1, -0.05) is 18.2 Å². The van der Waals surface area contributed by atoms with Crippen LogP contribution in [0.5, 0.6) is 5.75 Å². The Bertz CT molecular complexity index is 581. The van der Waals surface area contributed by atoms with E-state index < -0.39 is 18.6 Å². The van der Waals surface area contributed by atoms with Gasteiger partial charge in [-0.3, -0.25) is 4.98 Å². The molecule has 0 bridgehead atoms. The van der Waals surface area contributed by atoms with Crippen LogP contribution in [-0.4, -0.2) is 30.4 Å². The molecule has 1 aromatic carbocycles. The van der Waals surface area contributed by atoms with E-state index in [1.165, 1.54) is 6.92 Å². The van der Waals surface area contributed by atoms with Crippen LogP contribution in [0.2, 0.25) is 0 Å². The van der Waals surface area contributed by atoms with Crippen molar-refractivity contribution < 1.29 is 17.9 Å². The number of halogens is 3. The van der Waals surface area contributed by atoms with Crippen molar-refractivity contribution in [3.8, 4) is 5.75 Å². The van der Waals surface area contributed by atoms with Crippen LogP contribution < -0.4 is 10.1 Å². The summed E-state index contributed by atoms with van der Waals surface area (Å²) >= 11 is 0. The molecule has 6 heteroatoms. The molecule has 0 fully saturated rings. The number of benzene rings is 1. The fourth-order valence-corrected chi connectivity index (χ4v) is 2.08. The second-order valence-corrected chi connectivity index (χ2v) is 4.85. The SMILES string of the molecule is C[C@@H](CC(F)(F)F)NCCOc1cccc2cccnc12. The Hall–Kier alpha value is -1.82. The highest BCUT2D eigenvalue weighted by molar-refractivity contribution is 5.84. The number of alkyl halides is 3. The molecule has 0 saturated carbocycles. The molecule has 21 heavy (non-hydrogen) atoms. The summed E-state index contributed by atoms with van der Waals surface area (Å²) in [6.07, 6.45) is -3.31. The number of hydrogen-bond donors (Lipinski definition) is 1. The molecule has 0 aliphatic rings. The molecule has 0 aliphatic carbocycles. The molecular formula is C15H17F3N2O. The normalized spacial score (nSPS) is 13.3. The first kappa shape index (κ1) is 15.6. The van der Waals surface area contributed by atoms with E-state index in [-0.39, 0.29) is 6.61 Å². The molecule has 0 amide bonds. The quantitative estimate of drug-likeness (QED) is 0.828. The van der Waals surface area contributed by atoms with Crippen LogP contribution in [-0.2, 0) is 0 Å². The van der Waals surface area contributed by atoms with Gasteiger partial charge in [0, 0.05) is 24.2 Å². The summed E-state index contributed by atoms with van der Waals surface area (Å²) < 4.78 is 42.1. The average molecular weight is 298 g/mol. The highest BCUT2D eigenvalue weighted by atomic mass is 19.4. The number of aromatic nitrogens is 1. The van der Waals surface area contributed by atoms with Crippen LogP contribution in [0.1, 0.15) is 13.3 Å². The van der Waals surface area contributed by atoms with Gasteiger partial charge in [0.15, 0.2) is 0 Å². The first-order valence-corrected chi connectivity index (χ1v) is 6.72. The van der Waals surface area contributed by atoms with Crippen LogP contribution in [0.25, 0.3) is 10.9 Å². The van der Waals surface area contributed by atoms with Crippen molar-refractivity contribution in [2.75, 3.05) is 13.2 Å². The highest BCUT2D eigenvalue weighted by Gasteiger charge is 2.29. The maximum atomic E-state index is 12.2. The van der Waals surface area contributed by atoms with Crippen LogP contribution in [0.3, 0.4) is 0 Å². The van der Waals surface area contributed by atoms with Gasteiger partial charge in [0.25, 0.3) is 0 Å². The Balaban J connectivity index is 1.83. The van der Waals surface area contributed by atoms with Crippen molar-refractivity contribution in [2.45, 2.75) is 25.6 Å². The van der Waals surface area contributed by atoms with Gasteiger partial charge in [0.1, 0.15) is 17.9 Å². The lowest BCUT2D eigenvalue weighted by Crippen LogP contribution is -2.34. The molecule has 2 rings (SSSR count). The van der Waals surface area contributed by atoms with Gasteiger partial charge in [-0.15, -0.1) is 0 Å². The molecule has 1 aromatic heterocycles. The smallest absolute Gasteiger partial charge is 0.390 e. The summed E-state index contributed by atoms with van der Waals surface area (Å²) in [5.74, 6) is 0.637. The number of rotatable bonds is 6. The molecule has 0 saturated heterocycles. The molecule has 1 heterocycles. The minimum Gasteiger partial charge on any atom is -0.490 e. The van der Waals surface area contributed by atoms with Gasteiger partial charge in [-0.2, -0.15) is 13.2 Å². The van der Waals surface area contributed by atoms with Gasteiger partial charge in [0.05, 0.1) is 6.42 Å². The second-order valence-electron chi connectivity index (χ2n) is 4.85. The lowest BCUT2D eigenvalue weighted by Gasteiger charge is -2.16. The summed E-state index contributed by atoms with van der Waals surface area (Å²) in [6, 6.07) is 8.73. The van der Waals surface area contributed by atoms with Crippen molar-refractivity contribution >= 4 is 10.9 Å². The van der Waals surface area contributed by atoms with E-state index in [1.54, 1.807) is 12.3 Å². The number of nitrogens with one attached hydrogen (secondary N) is 1. The van der Waals surface area contributed by atoms with Crippen molar-refractivity contribution in [1.82, 2.24) is 10.3 Å². The molecular weight excluding hydrogens is 281 g/mol. The lowest BCUT2D eigenvalue weighted by atomic mass is 10.2. The number of hydrogen-bond acceptors (Lipinski definition) is 3. The summed E-state index contributed by atoms with van der Waals surface area (Å²) in [7, 11) is 0. The molecule has 0 spiro atoms. The standard InChI is InChI=1S/C15H17F3N2O/c1-11(10-15(16,17)18)19-8-9-21-13-6-2-4-12-5-3-7-20-14(12)13/h2-7,11,19H,8-10H2,1H3/t11-/m0/s1. The van der Waals surface area contributed by atoms with E-state index in [4.69, 9.17) is 4.74 Å². The van der Waals surface area contributed by atoms with Crippen LogP contribution in [0.15, 0.2) is 36.5 Å². The third-order valence-electron chi connectivity index (χ3n) is 2.99. The van der Waals surface area contributed by atoms with Crippen LogP contribution in [0, 0.1) is 0 Å². The van der Waals surface area contributed by atoms with Gasteiger partial charge >= 0.3 is 6.18 Å². The van der Waals surface area contributed by atoms with Crippen molar-refractivity contribution in [3.05, 3.63) is 36.5 Å². The number of ether oxygens (including phenoxy) is 1.